The Morgan fingerprint density at radius 2 is 2.04 bits per heavy atom. The van der Waals surface area contributed by atoms with Gasteiger partial charge in [-0.25, -0.2) is 17.5 Å². The number of sulfonamides is 1. The van der Waals surface area contributed by atoms with Crippen LogP contribution in [0.25, 0.3) is 10.9 Å². The zero-order chi connectivity index (χ0) is 18.3. The first-order valence-electron chi connectivity index (χ1n) is 8.11. The lowest BCUT2D eigenvalue weighted by molar-refractivity contribution is 0.588. The molecular weight excluding hydrogens is 472 g/mol. The second-order valence-corrected chi connectivity index (χ2v) is 7.44. The number of H-pyrrole nitrogens is 1. The molecule has 0 spiro atoms. The molecule has 26 heavy (non-hydrogen) atoms. The standard InChI is InChI=1S/C16H24FN5O2S.HI/c1-3-18-16(20-8-9-22-25(2,23)24)19-7-6-12-11-21-15-10-13(17)4-5-14(12)15;/h4-5,10-11,21-22H,3,6-9H2,1-2H3,(H2,18,19,20);1H. The van der Waals surface area contributed by atoms with E-state index in [4.69, 9.17) is 0 Å². The van der Waals surface area contributed by atoms with Crippen molar-refractivity contribution in [2.45, 2.75) is 13.3 Å². The summed E-state index contributed by atoms with van der Waals surface area (Å²) in [5.41, 5.74) is 1.87. The maximum atomic E-state index is 13.2. The van der Waals surface area contributed by atoms with Crippen molar-refractivity contribution in [3.63, 3.8) is 0 Å². The van der Waals surface area contributed by atoms with Crippen molar-refractivity contribution < 1.29 is 12.8 Å². The Kier molecular flexibility index (Phi) is 9.30. The van der Waals surface area contributed by atoms with Crippen LogP contribution in [-0.4, -0.2) is 51.8 Å². The molecule has 0 atom stereocenters. The number of halogens is 2. The number of aromatic nitrogens is 1. The van der Waals surface area contributed by atoms with E-state index in [0.29, 0.717) is 25.6 Å². The van der Waals surface area contributed by atoms with Gasteiger partial charge in [-0.1, -0.05) is 0 Å². The molecule has 1 heterocycles. The average molecular weight is 497 g/mol. The third-order valence-corrected chi connectivity index (χ3v) is 4.23. The third-order valence-electron chi connectivity index (χ3n) is 3.51. The van der Waals surface area contributed by atoms with E-state index in [1.807, 2.05) is 13.1 Å². The van der Waals surface area contributed by atoms with Gasteiger partial charge in [0.05, 0.1) is 12.8 Å². The van der Waals surface area contributed by atoms with E-state index in [1.54, 1.807) is 6.07 Å². The van der Waals surface area contributed by atoms with Crippen molar-refractivity contribution >= 4 is 50.9 Å². The van der Waals surface area contributed by atoms with Crippen LogP contribution in [0.3, 0.4) is 0 Å². The number of nitrogens with one attached hydrogen (secondary N) is 4. The van der Waals surface area contributed by atoms with Gasteiger partial charge >= 0.3 is 0 Å². The molecule has 2 aromatic rings. The lowest BCUT2D eigenvalue weighted by atomic mass is 10.1. The summed E-state index contributed by atoms with van der Waals surface area (Å²) < 4.78 is 37.6. The summed E-state index contributed by atoms with van der Waals surface area (Å²) >= 11 is 0. The summed E-state index contributed by atoms with van der Waals surface area (Å²) in [6.45, 7) is 3.91. The normalized spacial score (nSPS) is 12.0. The molecular formula is C16H25FIN5O2S. The molecule has 2 rings (SSSR count). The van der Waals surface area contributed by atoms with Crippen molar-refractivity contribution in [2.75, 3.05) is 32.4 Å². The number of guanidine groups is 1. The summed E-state index contributed by atoms with van der Waals surface area (Å²) in [7, 11) is -3.20. The van der Waals surface area contributed by atoms with Crippen LogP contribution >= 0.6 is 24.0 Å². The number of aliphatic imine (C=N–C) groups is 1. The Bertz CT molecular complexity index is 838. The Hall–Kier alpha value is -1.40. The first-order valence-corrected chi connectivity index (χ1v) is 10.0. The van der Waals surface area contributed by atoms with E-state index < -0.39 is 10.0 Å². The summed E-state index contributed by atoms with van der Waals surface area (Å²) in [4.78, 5) is 7.39. The van der Waals surface area contributed by atoms with Gasteiger partial charge in [-0.2, -0.15) is 0 Å². The molecule has 0 amide bonds. The molecule has 0 fully saturated rings. The van der Waals surface area contributed by atoms with Crippen LogP contribution < -0.4 is 15.4 Å². The van der Waals surface area contributed by atoms with Gasteiger partial charge in [-0.15, -0.1) is 24.0 Å². The van der Waals surface area contributed by atoms with Crippen molar-refractivity contribution in [2.24, 2.45) is 4.99 Å². The number of aromatic amines is 1. The second-order valence-electron chi connectivity index (χ2n) is 5.61. The molecule has 146 valence electrons. The quantitative estimate of drug-likeness (QED) is 0.193. The molecule has 1 aromatic carbocycles. The maximum absolute atomic E-state index is 13.2. The van der Waals surface area contributed by atoms with Crippen molar-refractivity contribution in [1.82, 2.24) is 20.3 Å². The van der Waals surface area contributed by atoms with E-state index in [1.165, 1.54) is 12.1 Å². The van der Waals surface area contributed by atoms with Gasteiger partial charge in [0.1, 0.15) is 5.82 Å². The first kappa shape index (κ1) is 22.6. The predicted octanol–water partition coefficient (Wildman–Crippen LogP) is 1.57. The minimum Gasteiger partial charge on any atom is -0.361 e. The zero-order valence-electron chi connectivity index (χ0n) is 14.8. The molecule has 0 aliphatic rings. The summed E-state index contributed by atoms with van der Waals surface area (Å²) in [6.07, 6.45) is 3.75. The molecule has 0 saturated carbocycles. The van der Waals surface area contributed by atoms with Gasteiger partial charge in [0, 0.05) is 36.7 Å². The van der Waals surface area contributed by atoms with Crippen molar-refractivity contribution in [1.29, 1.82) is 0 Å². The lowest BCUT2D eigenvalue weighted by Crippen LogP contribution is -2.39. The number of hydrogen-bond donors (Lipinski definition) is 4. The largest absolute Gasteiger partial charge is 0.361 e. The highest BCUT2D eigenvalue weighted by Gasteiger charge is 2.05. The van der Waals surface area contributed by atoms with Gasteiger partial charge in [0.2, 0.25) is 10.0 Å². The minimum atomic E-state index is -3.20. The van der Waals surface area contributed by atoms with E-state index in [2.05, 4.69) is 25.3 Å². The SMILES string of the molecule is CCNC(=NCCNS(C)(=O)=O)NCCc1c[nH]c2cc(F)ccc12.I. The van der Waals surface area contributed by atoms with Crippen LogP contribution in [0, 0.1) is 5.82 Å². The summed E-state index contributed by atoms with van der Waals surface area (Å²) in [6, 6.07) is 4.70. The van der Waals surface area contributed by atoms with E-state index in [9.17, 15) is 12.8 Å². The fourth-order valence-electron chi connectivity index (χ4n) is 2.42. The average Bonchev–Trinajstić information content (AvgIpc) is 2.92. The molecule has 0 aliphatic heterocycles. The van der Waals surface area contributed by atoms with Gasteiger partial charge < -0.3 is 15.6 Å². The maximum Gasteiger partial charge on any atom is 0.208 e. The van der Waals surface area contributed by atoms with Gasteiger partial charge in [-0.3, -0.25) is 4.99 Å². The van der Waals surface area contributed by atoms with Crippen LogP contribution in [-0.2, 0) is 16.4 Å². The van der Waals surface area contributed by atoms with Crippen molar-refractivity contribution in [3.05, 3.63) is 35.8 Å². The van der Waals surface area contributed by atoms with E-state index in [0.717, 1.165) is 29.1 Å². The summed E-state index contributed by atoms with van der Waals surface area (Å²) in [5, 5.41) is 7.32. The van der Waals surface area contributed by atoms with Crippen molar-refractivity contribution in [3.8, 4) is 0 Å². The molecule has 0 bridgehead atoms. The van der Waals surface area contributed by atoms with Crippen LogP contribution in [0.4, 0.5) is 4.39 Å². The number of rotatable bonds is 8. The highest BCUT2D eigenvalue weighted by molar-refractivity contribution is 14.0. The topological polar surface area (TPSA) is 98.4 Å². The lowest BCUT2D eigenvalue weighted by Gasteiger charge is -2.11. The number of nitrogens with zero attached hydrogens (tertiary/aromatic N) is 1. The smallest absolute Gasteiger partial charge is 0.208 e. The molecule has 10 heteroatoms. The fourth-order valence-corrected chi connectivity index (χ4v) is 2.88. The fraction of sp³-hybridized carbons (Fsp3) is 0.438. The van der Waals surface area contributed by atoms with E-state index in [-0.39, 0.29) is 36.3 Å². The monoisotopic (exact) mass is 497 g/mol. The number of hydrogen-bond acceptors (Lipinski definition) is 3. The highest BCUT2D eigenvalue weighted by Crippen LogP contribution is 2.19. The molecule has 0 aliphatic carbocycles. The zero-order valence-corrected chi connectivity index (χ0v) is 17.9. The number of benzene rings is 1. The van der Waals surface area contributed by atoms with Crippen LogP contribution in [0.2, 0.25) is 0 Å². The molecule has 4 N–H and O–H groups in total. The molecule has 0 saturated heterocycles. The molecule has 0 unspecified atom stereocenters. The Labute approximate surface area is 170 Å². The Morgan fingerprint density at radius 1 is 1.27 bits per heavy atom. The second kappa shape index (κ2) is 10.7. The summed E-state index contributed by atoms with van der Waals surface area (Å²) in [5.74, 6) is 0.368. The highest BCUT2D eigenvalue weighted by atomic mass is 127. The Morgan fingerprint density at radius 3 is 2.73 bits per heavy atom. The number of fused-ring (bicyclic) bond motifs is 1. The Balaban J connectivity index is 0.00000338. The molecule has 0 radical (unpaired) electrons. The van der Waals surface area contributed by atoms with Crippen LogP contribution in [0.1, 0.15) is 12.5 Å². The predicted molar refractivity (Wildman–Crippen MR) is 114 cm³/mol. The molecule has 1 aromatic heterocycles. The van der Waals surface area contributed by atoms with Gasteiger partial charge in [0.15, 0.2) is 5.96 Å². The minimum absolute atomic E-state index is 0. The van der Waals surface area contributed by atoms with Crippen LogP contribution in [0.5, 0.6) is 0 Å². The van der Waals surface area contributed by atoms with Gasteiger partial charge in [0.25, 0.3) is 0 Å². The third kappa shape index (κ3) is 7.46. The van der Waals surface area contributed by atoms with Crippen LogP contribution in [0.15, 0.2) is 29.4 Å². The van der Waals surface area contributed by atoms with E-state index >= 15 is 0 Å². The molecule has 7 nitrogen and oxygen atoms in total. The first-order chi connectivity index (χ1) is 11.9. The van der Waals surface area contributed by atoms with Gasteiger partial charge in [-0.05, 0) is 37.1 Å².